The number of hydrogen-bond donors (Lipinski definition) is 1. The van der Waals surface area contributed by atoms with Crippen LogP contribution in [0.15, 0.2) is 42.5 Å². The lowest BCUT2D eigenvalue weighted by Crippen LogP contribution is -2.18. The number of rotatable bonds is 6. The van der Waals surface area contributed by atoms with Crippen LogP contribution in [0.25, 0.3) is 0 Å². The molecule has 0 aliphatic rings. The molecule has 0 spiro atoms. The zero-order valence-corrected chi connectivity index (χ0v) is 13.4. The first-order valence-electron chi connectivity index (χ1n) is 7.52. The van der Waals surface area contributed by atoms with Crippen LogP contribution in [0.5, 0.6) is 5.75 Å². The summed E-state index contributed by atoms with van der Waals surface area (Å²) in [4.78, 5) is 0. The summed E-state index contributed by atoms with van der Waals surface area (Å²) >= 11 is 0. The van der Waals surface area contributed by atoms with Gasteiger partial charge >= 0.3 is 0 Å². The minimum atomic E-state index is 0.395. The van der Waals surface area contributed by atoms with Crippen molar-refractivity contribution in [3.8, 4) is 5.75 Å². The molecule has 0 aliphatic heterocycles. The highest BCUT2D eigenvalue weighted by atomic mass is 16.5. The number of nitrogens with one attached hydrogen (secondary N) is 1. The Balaban J connectivity index is 2.06. The summed E-state index contributed by atoms with van der Waals surface area (Å²) < 4.78 is 5.20. The fourth-order valence-electron chi connectivity index (χ4n) is 2.71. The van der Waals surface area contributed by atoms with Crippen LogP contribution in [0.1, 0.15) is 34.7 Å². The first-order valence-corrected chi connectivity index (χ1v) is 7.52. The van der Waals surface area contributed by atoms with Crippen molar-refractivity contribution < 1.29 is 4.74 Å². The van der Waals surface area contributed by atoms with E-state index in [2.05, 4.69) is 49.5 Å². The molecule has 0 amide bonds. The summed E-state index contributed by atoms with van der Waals surface area (Å²) in [5.74, 6) is 0.915. The molecule has 1 atom stereocenters. The molecule has 0 aromatic heterocycles. The fourth-order valence-corrected chi connectivity index (χ4v) is 2.71. The van der Waals surface area contributed by atoms with Crippen molar-refractivity contribution in [1.82, 2.24) is 5.32 Å². The average Bonchev–Trinajstić information content (AvgIpc) is 2.52. The summed E-state index contributed by atoms with van der Waals surface area (Å²) in [6, 6.07) is 15.3. The average molecular weight is 283 g/mol. The summed E-state index contributed by atoms with van der Waals surface area (Å²) in [5, 5.41) is 3.45. The lowest BCUT2D eigenvalue weighted by atomic mass is 9.93. The molecule has 2 rings (SSSR count). The second-order valence-electron chi connectivity index (χ2n) is 5.52. The van der Waals surface area contributed by atoms with E-state index >= 15 is 0 Å². The molecule has 21 heavy (non-hydrogen) atoms. The minimum absolute atomic E-state index is 0.395. The Hall–Kier alpha value is -1.80. The van der Waals surface area contributed by atoms with Gasteiger partial charge in [0, 0.05) is 6.04 Å². The van der Waals surface area contributed by atoms with Crippen molar-refractivity contribution >= 4 is 0 Å². The van der Waals surface area contributed by atoms with Crippen molar-refractivity contribution in [2.75, 3.05) is 14.2 Å². The van der Waals surface area contributed by atoms with Crippen LogP contribution in [-0.4, -0.2) is 14.2 Å². The van der Waals surface area contributed by atoms with Gasteiger partial charge in [0.05, 0.1) is 7.11 Å². The monoisotopic (exact) mass is 283 g/mol. The maximum absolute atomic E-state index is 5.20. The number of benzene rings is 2. The van der Waals surface area contributed by atoms with Crippen molar-refractivity contribution in [1.29, 1.82) is 0 Å². The van der Waals surface area contributed by atoms with E-state index in [9.17, 15) is 0 Å². The van der Waals surface area contributed by atoms with E-state index in [0.717, 1.165) is 18.6 Å². The van der Waals surface area contributed by atoms with Gasteiger partial charge in [0.15, 0.2) is 0 Å². The van der Waals surface area contributed by atoms with Gasteiger partial charge in [-0.25, -0.2) is 0 Å². The van der Waals surface area contributed by atoms with Crippen molar-refractivity contribution in [2.45, 2.75) is 32.7 Å². The normalized spacial score (nSPS) is 12.2. The Morgan fingerprint density at radius 2 is 1.76 bits per heavy atom. The van der Waals surface area contributed by atoms with Crippen molar-refractivity contribution in [3.63, 3.8) is 0 Å². The standard InChI is InChI=1S/C19H25NO/c1-14-6-5-7-18(15(14)2)19(20-3)13-10-16-8-11-17(21-4)12-9-16/h5-9,11-12,19-20H,10,13H2,1-4H3. The molecule has 1 N–H and O–H groups in total. The largest absolute Gasteiger partial charge is 0.497 e. The lowest BCUT2D eigenvalue weighted by molar-refractivity contribution is 0.414. The summed E-state index contributed by atoms with van der Waals surface area (Å²) in [6.07, 6.45) is 2.15. The molecule has 2 heteroatoms. The van der Waals surface area contributed by atoms with Gasteiger partial charge in [0.2, 0.25) is 0 Å². The quantitative estimate of drug-likeness (QED) is 0.857. The number of ether oxygens (including phenoxy) is 1. The molecule has 1 unspecified atom stereocenters. The lowest BCUT2D eigenvalue weighted by Gasteiger charge is -2.20. The molecule has 0 heterocycles. The van der Waals surface area contributed by atoms with E-state index < -0.39 is 0 Å². The molecule has 112 valence electrons. The van der Waals surface area contributed by atoms with Crippen LogP contribution in [0, 0.1) is 13.8 Å². The summed E-state index contributed by atoms with van der Waals surface area (Å²) in [7, 11) is 3.74. The third-order valence-electron chi connectivity index (χ3n) is 4.25. The first kappa shape index (κ1) is 15.6. The van der Waals surface area contributed by atoms with Crippen molar-refractivity contribution in [3.05, 3.63) is 64.7 Å². The molecule has 0 fully saturated rings. The van der Waals surface area contributed by atoms with E-state index in [1.807, 2.05) is 19.2 Å². The molecule has 0 radical (unpaired) electrons. The first-order chi connectivity index (χ1) is 10.2. The van der Waals surface area contributed by atoms with Crippen LogP contribution in [-0.2, 0) is 6.42 Å². The predicted molar refractivity (Wildman–Crippen MR) is 89.0 cm³/mol. The Bertz CT molecular complexity index is 575. The summed E-state index contributed by atoms with van der Waals surface area (Å²) in [6.45, 7) is 4.39. The Labute approximate surface area is 128 Å². The molecule has 0 bridgehead atoms. The second kappa shape index (κ2) is 7.28. The van der Waals surface area contributed by atoms with E-state index in [4.69, 9.17) is 4.74 Å². The Morgan fingerprint density at radius 3 is 2.38 bits per heavy atom. The molecule has 2 aromatic rings. The second-order valence-corrected chi connectivity index (χ2v) is 5.52. The molecule has 0 saturated heterocycles. The third-order valence-corrected chi connectivity index (χ3v) is 4.25. The predicted octanol–water partition coefficient (Wildman–Crippen LogP) is 4.21. The molecule has 0 saturated carbocycles. The van der Waals surface area contributed by atoms with Gasteiger partial charge in [-0.15, -0.1) is 0 Å². The van der Waals surface area contributed by atoms with Gasteiger partial charge in [0.25, 0.3) is 0 Å². The smallest absolute Gasteiger partial charge is 0.118 e. The third kappa shape index (κ3) is 3.85. The zero-order chi connectivity index (χ0) is 15.2. The van der Waals surface area contributed by atoms with Crippen molar-refractivity contribution in [2.24, 2.45) is 0 Å². The topological polar surface area (TPSA) is 21.3 Å². The highest BCUT2D eigenvalue weighted by molar-refractivity contribution is 5.35. The number of hydrogen-bond acceptors (Lipinski definition) is 2. The van der Waals surface area contributed by atoms with Crippen LogP contribution in [0.2, 0.25) is 0 Å². The van der Waals surface area contributed by atoms with E-state index in [1.165, 1.54) is 22.3 Å². The van der Waals surface area contributed by atoms with Gasteiger partial charge in [0.1, 0.15) is 5.75 Å². The van der Waals surface area contributed by atoms with Crippen LogP contribution >= 0.6 is 0 Å². The molecular weight excluding hydrogens is 258 g/mol. The highest BCUT2D eigenvalue weighted by Crippen LogP contribution is 2.24. The van der Waals surface area contributed by atoms with Gasteiger partial charge in [-0.05, 0) is 68.1 Å². The van der Waals surface area contributed by atoms with E-state index in [1.54, 1.807) is 7.11 Å². The highest BCUT2D eigenvalue weighted by Gasteiger charge is 2.12. The maximum Gasteiger partial charge on any atom is 0.118 e. The fraction of sp³-hybridized carbons (Fsp3) is 0.368. The maximum atomic E-state index is 5.20. The summed E-state index contributed by atoms with van der Waals surface area (Å²) in [5.41, 5.74) is 5.51. The number of methoxy groups -OCH3 is 1. The van der Waals surface area contributed by atoms with E-state index in [0.29, 0.717) is 6.04 Å². The molecule has 2 nitrogen and oxygen atoms in total. The number of aryl methyl sites for hydroxylation is 2. The minimum Gasteiger partial charge on any atom is -0.497 e. The SMILES string of the molecule is CNC(CCc1ccc(OC)cc1)c1cccc(C)c1C. The Morgan fingerprint density at radius 1 is 1.05 bits per heavy atom. The van der Waals surface area contributed by atoms with Crippen LogP contribution in [0.4, 0.5) is 0 Å². The van der Waals surface area contributed by atoms with Gasteiger partial charge in [-0.1, -0.05) is 30.3 Å². The molecular formula is C19H25NO. The van der Waals surface area contributed by atoms with Crippen LogP contribution < -0.4 is 10.1 Å². The van der Waals surface area contributed by atoms with Gasteiger partial charge < -0.3 is 10.1 Å². The van der Waals surface area contributed by atoms with Gasteiger partial charge in [-0.3, -0.25) is 0 Å². The van der Waals surface area contributed by atoms with E-state index in [-0.39, 0.29) is 0 Å². The Kier molecular flexibility index (Phi) is 5.40. The molecule has 0 aliphatic carbocycles. The van der Waals surface area contributed by atoms with Gasteiger partial charge in [-0.2, -0.15) is 0 Å². The zero-order valence-electron chi connectivity index (χ0n) is 13.4. The van der Waals surface area contributed by atoms with Crippen LogP contribution in [0.3, 0.4) is 0 Å². The molecule has 2 aromatic carbocycles.